The first-order valence-electron chi connectivity index (χ1n) is 8.41. The van der Waals surface area contributed by atoms with E-state index in [1.54, 1.807) is 36.4 Å². The summed E-state index contributed by atoms with van der Waals surface area (Å²) in [5.41, 5.74) is 1.92. The Labute approximate surface area is 166 Å². The van der Waals surface area contributed by atoms with Crippen LogP contribution in [-0.2, 0) is 11.3 Å². The molecule has 0 aliphatic heterocycles. The first-order valence-corrected chi connectivity index (χ1v) is 8.79. The van der Waals surface area contributed by atoms with E-state index in [-0.39, 0.29) is 11.5 Å². The lowest BCUT2D eigenvalue weighted by Gasteiger charge is -2.10. The van der Waals surface area contributed by atoms with Gasteiger partial charge in [0, 0.05) is 23.0 Å². The highest BCUT2D eigenvalue weighted by Crippen LogP contribution is 2.13. The van der Waals surface area contributed by atoms with Crippen molar-refractivity contribution in [2.24, 2.45) is 0 Å². The van der Waals surface area contributed by atoms with Crippen molar-refractivity contribution in [2.75, 3.05) is 12.4 Å². The number of hydrogen-bond donors (Lipinski definition) is 1. The Balaban J connectivity index is 1.76. The second-order valence-electron chi connectivity index (χ2n) is 6.03. The van der Waals surface area contributed by atoms with Gasteiger partial charge in [0.05, 0.1) is 24.8 Å². The third kappa shape index (κ3) is 4.66. The van der Waals surface area contributed by atoms with Crippen LogP contribution in [0, 0.1) is 0 Å². The topological polar surface area (TPSA) is 77.4 Å². The van der Waals surface area contributed by atoms with Crippen molar-refractivity contribution >= 4 is 29.2 Å². The number of benzene rings is 2. The summed E-state index contributed by atoms with van der Waals surface area (Å²) in [5, 5.41) is 3.35. The van der Waals surface area contributed by atoms with Crippen LogP contribution in [-0.4, -0.2) is 23.6 Å². The third-order valence-corrected chi connectivity index (χ3v) is 4.33. The van der Waals surface area contributed by atoms with Gasteiger partial charge in [0.2, 0.25) is 0 Å². The molecule has 0 saturated carbocycles. The van der Waals surface area contributed by atoms with Gasteiger partial charge in [-0.15, -0.1) is 0 Å². The smallest absolute Gasteiger partial charge is 0.337 e. The van der Waals surface area contributed by atoms with E-state index in [9.17, 15) is 14.4 Å². The maximum Gasteiger partial charge on any atom is 0.337 e. The molecule has 3 rings (SSSR count). The number of esters is 1. The molecule has 3 aromatic rings. The van der Waals surface area contributed by atoms with Gasteiger partial charge in [0.25, 0.3) is 11.5 Å². The lowest BCUT2D eigenvalue weighted by atomic mass is 10.2. The summed E-state index contributed by atoms with van der Waals surface area (Å²) in [6.07, 6.45) is 1.51. The zero-order chi connectivity index (χ0) is 20.1. The highest BCUT2D eigenvalue weighted by molar-refractivity contribution is 6.30. The van der Waals surface area contributed by atoms with Gasteiger partial charge in [-0.2, -0.15) is 0 Å². The fraction of sp³-hybridized carbons (Fsp3) is 0.0952. The zero-order valence-corrected chi connectivity index (χ0v) is 15.8. The summed E-state index contributed by atoms with van der Waals surface area (Å²) in [6, 6.07) is 16.3. The summed E-state index contributed by atoms with van der Waals surface area (Å²) < 4.78 is 6.10. The fourth-order valence-electron chi connectivity index (χ4n) is 2.59. The molecule has 0 radical (unpaired) electrons. The van der Waals surface area contributed by atoms with Gasteiger partial charge in [-0.3, -0.25) is 9.59 Å². The van der Waals surface area contributed by atoms with Gasteiger partial charge in [-0.25, -0.2) is 4.79 Å². The Hall–Kier alpha value is -3.38. The summed E-state index contributed by atoms with van der Waals surface area (Å²) in [6.45, 7) is 0.324. The first-order chi connectivity index (χ1) is 13.5. The van der Waals surface area contributed by atoms with Crippen molar-refractivity contribution in [3.05, 3.63) is 98.9 Å². The van der Waals surface area contributed by atoms with Gasteiger partial charge >= 0.3 is 5.97 Å². The lowest BCUT2D eigenvalue weighted by molar-refractivity contribution is 0.0600. The average molecular weight is 397 g/mol. The standard InChI is InChI=1S/C21H17ClN2O4/c1-28-21(27)15-4-9-18(10-5-15)23-20(26)16-6-11-19(25)24(13-16)12-14-2-7-17(22)8-3-14/h2-11,13H,12H2,1H3,(H,23,26). The van der Waals surface area contributed by atoms with Crippen LogP contribution in [0.25, 0.3) is 0 Å². The Morgan fingerprint density at radius 2 is 1.61 bits per heavy atom. The number of anilines is 1. The highest BCUT2D eigenvalue weighted by Gasteiger charge is 2.10. The van der Waals surface area contributed by atoms with Crippen LogP contribution in [0.2, 0.25) is 5.02 Å². The maximum atomic E-state index is 12.5. The molecule has 142 valence electrons. The predicted molar refractivity (Wildman–Crippen MR) is 107 cm³/mol. The molecule has 1 amide bonds. The number of aromatic nitrogens is 1. The molecule has 0 aliphatic rings. The monoisotopic (exact) mass is 396 g/mol. The van der Waals surface area contributed by atoms with Gasteiger partial charge in [-0.1, -0.05) is 23.7 Å². The molecule has 7 heteroatoms. The number of pyridine rings is 1. The second kappa shape index (κ2) is 8.54. The van der Waals surface area contributed by atoms with Crippen LogP contribution < -0.4 is 10.9 Å². The number of carbonyl (C=O) groups excluding carboxylic acids is 2. The minimum Gasteiger partial charge on any atom is -0.465 e. The van der Waals surface area contributed by atoms with E-state index in [0.29, 0.717) is 28.4 Å². The Morgan fingerprint density at radius 1 is 0.964 bits per heavy atom. The molecule has 0 unspecified atom stereocenters. The second-order valence-corrected chi connectivity index (χ2v) is 6.47. The van der Waals surface area contributed by atoms with Crippen molar-refractivity contribution in [1.29, 1.82) is 0 Å². The van der Waals surface area contributed by atoms with Crippen molar-refractivity contribution in [1.82, 2.24) is 4.57 Å². The Bertz CT molecular complexity index is 1060. The fourth-order valence-corrected chi connectivity index (χ4v) is 2.71. The van der Waals surface area contributed by atoms with Crippen LogP contribution in [0.3, 0.4) is 0 Å². The number of nitrogens with zero attached hydrogens (tertiary/aromatic N) is 1. The van der Waals surface area contributed by atoms with Crippen molar-refractivity contribution in [3.63, 3.8) is 0 Å². The van der Waals surface area contributed by atoms with Gasteiger partial charge < -0.3 is 14.6 Å². The minimum absolute atomic E-state index is 0.214. The molecule has 2 aromatic carbocycles. The first kappa shape index (κ1) is 19.4. The summed E-state index contributed by atoms with van der Waals surface area (Å²) in [4.78, 5) is 36.1. The number of amides is 1. The molecule has 0 saturated heterocycles. The molecule has 0 bridgehead atoms. The van der Waals surface area contributed by atoms with E-state index in [2.05, 4.69) is 10.1 Å². The molecule has 0 fully saturated rings. The number of nitrogens with one attached hydrogen (secondary N) is 1. The van der Waals surface area contributed by atoms with E-state index in [1.165, 1.54) is 30.0 Å². The summed E-state index contributed by atoms with van der Waals surface area (Å²) in [7, 11) is 1.30. The van der Waals surface area contributed by atoms with Crippen LogP contribution in [0.4, 0.5) is 5.69 Å². The molecular formula is C21H17ClN2O4. The summed E-state index contributed by atoms with van der Waals surface area (Å²) in [5.74, 6) is -0.817. The molecule has 6 nitrogen and oxygen atoms in total. The largest absolute Gasteiger partial charge is 0.465 e. The Morgan fingerprint density at radius 3 is 2.25 bits per heavy atom. The van der Waals surface area contributed by atoms with Crippen molar-refractivity contribution < 1.29 is 14.3 Å². The van der Waals surface area contributed by atoms with Crippen LogP contribution in [0.5, 0.6) is 0 Å². The average Bonchev–Trinajstić information content (AvgIpc) is 2.71. The van der Waals surface area contributed by atoms with Crippen molar-refractivity contribution in [3.8, 4) is 0 Å². The van der Waals surface area contributed by atoms with Gasteiger partial charge in [0.1, 0.15) is 0 Å². The summed E-state index contributed by atoms with van der Waals surface area (Å²) >= 11 is 5.88. The lowest BCUT2D eigenvalue weighted by Crippen LogP contribution is -2.22. The van der Waals surface area contributed by atoms with Crippen LogP contribution >= 0.6 is 11.6 Å². The molecule has 0 aliphatic carbocycles. The van der Waals surface area contributed by atoms with E-state index in [1.807, 2.05) is 12.1 Å². The maximum absolute atomic E-state index is 12.5. The third-order valence-electron chi connectivity index (χ3n) is 4.08. The zero-order valence-electron chi connectivity index (χ0n) is 15.0. The quantitative estimate of drug-likeness (QED) is 0.668. The number of ether oxygens (including phenoxy) is 1. The van der Waals surface area contributed by atoms with E-state index in [0.717, 1.165) is 5.56 Å². The normalized spacial score (nSPS) is 10.4. The number of halogens is 1. The number of hydrogen-bond acceptors (Lipinski definition) is 4. The molecule has 0 spiro atoms. The number of methoxy groups -OCH3 is 1. The van der Waals surface area contributed by atoms with E-state index < -0.39 is 5.97 Å². The SMILES string of the molecule is COC(=O)c1ccc(NC(=O)c2ccc(=O)n(Cc3ccc(Cl)cc3)c2)cc1. The number of rotatable bonds is 5. The van der Waals surface area contributed by atoms with Crippen molar-refractivity contribution in [2.45, 2.75) is 6.54 Å². The molecule has 0 atom stereocenters. The molecular weight excluding hydrogens is 380 g/mol. The van der Waals surface area contributed by atoms with Gasteiger partial charge in [0.15, 0.2) is 0 Å². The Kier molecular flexibility index (Phi) is 5.91. The minimum atomic E-state index is -0.452. The van der Waals surface area contributed by atoms with Crippen LogP contribution in [0.15, 0.2) is 71.7 Å². The molecule has 1 N–H and O–H groups in total. The van der Waals surface area contributed by atoms with E-state index in [4.69, 9.17) is 11.6 Å². The van der Waals surface area contributed by atoms with E-state index >= 15 is 0 Å². The molecule has 28 heavy (non-hydrogen) atoms. The molecule has 1 aromatic heterocycles. The van der Waals surface area contributed by atoms with Gasteiger partial charge in [-0.05, 0) is 48.0 Å². The number of carbonyl (C=O) groups is 2. The van der Waals surface area contributed by atoms with Crippen LogP contribution in [0.1, 0.15) is 26.3 Å². The molecule has 1 heterocycles. The highest BCUT2D eigenvalue weighted by atomic mass is 35.5. The predicted octanol–water partition coefficient (Wildman–Crippen LogP) is 3.59.